The number of phenols is 1. The van der Waals surface area contributed by atoms with Crippen molar-refractivity contribution < 1.29 is 24.5 Å². The topological polar surface area (TPSA) is 76.0 Å². The van der Waals surface area contributed by atoms with Crippen molar-refractivity contribution in [1.82, 2.24) is 0 Å². The van der Waals surface area contributed by atoms with Crippen molar-refractivity contribution in [3.8, 4) is 11.5 Å². The fourth-order valence-electron chi connectivity index (χ4n) is 6.83. The quantitative estimate of drug-likeness (QED) is 0.237. The van der Waals surface area contributed by atoms with E-state index in [-0.39, 0.29) is 28.7 Å². The molecular weight excluding hydrogens is 440 g/mol. The molecule has 2 N–H and O–H groups in total. The summed E-state index contributed by atoms with van der Waals surface area (Å²) in [5.41, 5.74) is 2.51. The first kappa shape index (κ1) is 27.3. The molecule has 0 amide bonds. The molecule has 1 fully saturated rings. The largest absolute Gasteiger partial charge is 0.504 e. The maximum Gasteiger partial charge on any atom is 0.330 e. The third kappa shape index (κ3) is 6.49. The molecule has 0 spiro atoms. The van der Waals surface area contributed by atoms with Gasteiger partial charge in [0.05, 0.1) is 19.8 Å². The summed E-state index contributed by atoms with van der Waals surface area (Å²) in [6, 6.07) is 4.91. The molecule has 1 aromatic carbocycles. The summed E-state index contributed by atoms with van der Waals surface area (Å²) in [5, 5.41) is 20.3. The van der Waals surface area contributed by atoms with Gasteiger partial charge in [0.15, 0.2) is 11.5 Å². The van der Waals surface area contributed by atoms with Gasteiger partial charge >= 0.3 is 5.97 Å². The Morgan fingerprint density at radius 1 is 1.23 bits per heavy atom. The van der Waals surface area contributed by atoms with Crippen LogP contribution in [0.2, 0.25) is 0 Å². The number of aliphatic hydroxyl groups is 1. The van der Waals surface area contributed by atoms with Crippen LogP contribution in [-0.2, 0) is 9.53 Å². The molecule has 0 saturated heterocycles. The fourth-order valence-corrected chi connectivity index (χ4v) is 6.83. The lowest BCUT2D eigenvalue weighted by Crippen LogP contribution is -2.52. The van der Waals surface area contributed by atoms with Crippen molar-refractivity contribution in [2.45, 2.75) is 79.2 Å². The molecule has 0 bridgehead atoms. The summed E-state index contributed by atoms with van der Waals surface area (Å²) >= 11 is 0. The van der Waals surface area contributed by atoms with Crippen LogP contribution in [0.5, 0.6) is 11.5 Å². The predicted molar refractivity (Wildman–Crippen MR) is 140 cm³/mol. The molecule has 2 aliphatic carbocycles. The molecule has 0 radical (unpaired) electrons. The molecular formula is C30H44O5. The number of esters is 1. The third-order valence-electron chi connectivity index (χ3n) is 8.62. The van der Waals surface area contributed by atoms with Crippen LogP contribution in [0.3, 0.4) is 0 Å². The molecule has 1 saturated carbocycles. The number of ether oxygens (including phenoxy) is 2. The Balaban J connectivity index is 1.48. The first-order chi connectivity index (χ1) is 16.5. The number of allylic oxidation sites excluding steroid dienone is 2. The van der Waals surface area contributed by atoms with E-state index in [9.17, 15) is 15.0 Å². The minimum Gasteiger partial charge on any atom is -0.504 e. The maximum atomic E-state index is 12.1. The second kappa shape index (κ2) is 11.2. The normalized spacial score (nSPS) is 28.8. The summed E-state index contributed by atoms with van der Waals surface area (Å²) in [4.78, 5) is 12.1. The highest BCUT2D eigenvalue weighted by Gasteiger charge is 2.53. The van der Waals surface area contributed by atoms with E-state index in [1.807, 2.05) is 0 Å². The highest BCUT2D eigenvalue weighted by molar-refractivity contribution is 5.87. The second-order valence-corrected chi connectivity index (χ2v) is 11.7. The van der Waals surface area contributed by atoms with Crippen LogP contribution in [0.1, 0.15) is 78.7 Å². The summed E-state index contributed by atoms with van der Waals surface area (Å²) in [6.07, 6.45) is 11.2. The number of fused-ring (bicyclic) bond motifs is 1. The number of carbonyl (C=O) groups is 1. The Labute approximate surface area is 211 Å². The molecule has 0 heterocycles. The van der Waals surface area contributed by atoms with Gasteiger partial charge in [-0.2, -0.15) is 0 Å². The molecule has 0 aromatic heterocycles. The average Bonchev–Trinajstić information content (AvgIpc) is 2.76. The van der Waals surface area contributed by atoms with Crippen molar-refractivity contribution in [3.63, 3.8) is 0 Å². The molecule has 5 heteroatoms. The smallest absolute Gasteiger partial charge is 0.330 e. The summed E-state index contributed by atoms with van der Waals surface area (Å²) in [7, 11) is 1.49. The highest BCUT2D eigenvalue weighted by Crippen LogP contribution is 2.60. The van der Waals surface area contributed by atoms with Gasteiger partial charge in [0, 0.05) is 6.08 Å². The van der Waals surface area contributed by atoms with E-state index < -0.39 is 0 Å². The van der Waals surface area contributed by atoms with E-state index in [4.69, 9.17) is 9.47 Å². The number of hydrogen-bond donors (Lipinski definition) is 2. The van der Waals surface area contributed by atoms with Crippen molar-refractivity contribution in [2.24, 2.45) is 28.6 Å². The van der Waals surface area contributed by atoms with Crippen LogP contribution in [0.25, 0.3) is 6.08 Å². The summed E-state index contributed by atoms with van der Waals surface area (Å²) in [5.74, 6) is 1.60. The highest BCUT2D eigenvalue weighted by atomic mass is 16.5. The van der Waals surface area contributed by atoms with E-state index in [0.717, 1.165) is 44.1 Å². The number of aromatic hydroxyl groups is 1. The molecule has 0 unspecified atom stereocenters. The first-order valence-electron chi connectivity index (χ1n) is 13.0. The number of carbonyl (C=O) groups excluding carboxylic acids is 1. The van der Waals surface area contributed by atoms with Crippen LogP contribution < -0.4 is 4.74 Å². The van der Waals surface area contributed by atoms with Crippen molar-refractivity contribution in [3.05, 3.63) is 41.5 Å². The van der Waals surface area contributed by atoms with Crippen molar-refractivity contribution >= 4 is 12.0 Å². The molecule has 2 aliphatic rings. The maximum absolute atomic E-state index is 12.1. The number of hydrogen-bond acceptors (Lipinski definition) is 5. The SMILES string of the molecule is COc1cc(C=CC(=O)OCC[C@H](C)CC[C@H]2C(C)=CC[C@H]3C(C)(C)C[C@H](O)C[C@]23C)ccc1O. The molecule has 5 nitrogen and oxygen atoms in total. The number of aliphatic hydroxyl groups excluding tert-OH is 1. The van der Waals surface area contributed by atoms with Gasteiger partial charge in [0.25, 0.3) is 0 Å². The number of benzene rings is 1. The lowest BCUT2D eigenvalue weighted by Gasteiger charge is -2.58. The Kier molecular flexibility index (Phi) is 8.74. The molecule has 3 rings (SSSR count). The minimum absolute atomic E-state index is 0.0630. The minimum atomic E-state index is -0.371. The Bertz CT molecular complexity index is 946. The van der Waals surface area contributed by atoms with Gasteiger partial charge in [-0.1, -0.05) is 45.4 Å². The number of phenolic OH excluding ortho intramolecular Hbond substituents is 1. The van der Waals surface area contributed by atoms with E-state index in [0.29, 0.717) is 30.1 Å². The van der Waals surface area contributed by atoms with Gasteiger partial charge in [0.1, 0.15) is 0 Å². The van der Waals surface area contributed by atoms with Gasteiger partial charge in [0.2, 0.25) is 0 Å². The fraction of sp³-hybridized carbons (Fsp3) is 0.633. The van der Waals surface area contributed by atoms with Crippen molar-refractivity contribution in [2.75, 3.05) is 13.7 Å². The van der Waals surface area contributed by atoms with Crippen molar-refractivity contribution in [1.29, 1.82) is 0 Å². The van der Waals surface area contributed by atoms with Crippen LogP contribution in [0, 0.1) is 28.6 Å². The number of methoxy groups -OCH3 is 1. The van der Waals surface area contributed by atoms with Gasteiger partial charge in [-0.25, -0.2) is 4.79 Å². The Morgan fingerprint density at radius 3 is 2.69 bits per heavy atom. The zero-order chi connectivity index (χ0) is 25.8. The molecule has 1 aromatic rings. The second-order valence-electron chi connectivity index (χ2n) is 11.7. The lowest BCUT2D eigenvalue weighted by molar-refractivity contribution is -0.138. The zero-order valence-corrected chi connectivity index (χ0v) is 22.3. The monoisotopic (exact) mass is 484 g/mol. The van der Waals surface area contributed by atoms with E-state index in [1.165, 1.54) is 24.8 Å². The van der Waals surface area contributed by atoms with E-state index in [2.05, 4.69) is 40.7 Å². The van der Waals surface area contributed by atoms with Crippen LogP contribution in [-0.4, -0.2) is 36.0 Å². The van der Waals surface area contributed by atoms with E-state index >= 15 is 0 Å². The van der Waals surface area contributed by atoms with E-state index in [1.54, 1.807) is 18.2 Å². The lowest BCUT2D eigenvalue weighted by atomic mass is 9.47. The molecule has 194 valence electrons. The standard InChI is InChI=1S/C30H44O5/c1-20(15-16-35-28(33)14-10-22-9-12-25(32)26(17-22)34-6)7-11-24-21(2)8-13-27-29(3,4)18-23(31)19-30(24,27)5/h8-10,12,14,17,20,23-24,27,31-32H,7,11,13,15-16,18-19H2,1-6H3/t20-,23+,24+,27+,30-/m1/s1. The first-order valence-corrected chi connectivity index (χ1v) is 13.0. The van der Waals surface area contributed by atoms with Gasteiger partial charge in [-0.3, -0.25) is 0 Å². The molecule has 5 atom stereocenters. The van der Waals surface area contributed by atoms with Gasteiger partial charge in [-0.05, 0) is 97.8 Å². The molecule has 35 heavy (non-hydrogen) atoms. The van der Waals surface area contributed by atoms with Gasteiger partial charge < -0.3 is 19.7 Å². The number of rotatable bonds is 9. The molecule has 0 aliphatic heterocycles. The van der Waals surface area contributed by atoms with Gasteiger partial charge in [-0.15, -0.1) is 0 Å². The summed E-state index contributed by atoms with van der Waals surface area (Å²) < 4.78 is 10.5. The van der Waals surface area contributed by atoms with Crippen LogP contribution in [0.4, 0.5) is 0 Å². The van der Waals surface area contributed by atoms with Crippen LogP contribution >= 0.6 is 0 Å². The average molecular weight is 485 g/mol. The van der Waals surface area contributed by atoms with Crippen LogP contribution in [0.15, 0.2) is 35.9 Å². The summed E-state index contributed by atoms with van der Waals surface area (Å²) in [6.45, 7) is 12.0. The third-order valence-corrected chi connectivity index (χ3v) is 8.62. The zero-order valence-electron chi connectivity index (χ0n) is 22.3. The predicted octanol–water partition coefficient (Wildman–Crippen LogP) is 6.53. The Hall–Kier alpha value is -2.27. The Morgan fingerprint density at radius 2 is 1.97 bits per heavy atom.